The molecule has 0 saturated carbocycles. The van der Waals surface area contributed by atoms with E-state index in [1.807, 2.05) is 20.8 Å². The molecule has 1 aliphatic heterocycles. The number of hydrogen-bond acceptors (Lipinski definition) is 6. The highest BCUT2D eigenvalue weighted by Crippen LogP contribution is 2.34. The summed E-state index contributed by atoms with van der Waals surface area (Å²) < 4.78 is 28.0. The first kappa shape index (κ1) is 25.2. The molecule has 196 valence electrons. The molecule has 1 N–H and O–H groups in total. The first-order valence-corrected chi connectivity index (χ1v) is 12.2. The number of carbonyl (C=O) groups excluding carboxylic acids is 2. The van der Waals surface area contributed by atoms with Crippen molar-refractivity contribution in [3.63, 3.8) is 0 Å². The minimum Gasteiger partial charge on any atom is -0.456 e. The van der Waals surface area contributed by atoms with Crippen molar-refractivity contribution in [3.8, 4) is 11.5 Å². The van der Waals surface area contributed by atoms with E-state index in [4.69, 9.17) is 9.47 Å². The summed E-state index contributed by atoms with van der Waals surface area (Å²) >= 11 is 0. The number of amides is 2. The number of nitrogens with zero attached hydrogens (tertiary/aromatic N) is 4. The molecule has 1 saturated heterocycles. The van der Waals surface area contributed by atoms with Gasteiger partial charge >= 0.3 is 6.09 Å². The lowest BCUT2D eigenvalue weighted by molar-refractivity contribution is -0.115. The van der Waals surface area contributed by atoms with Crippen LogP contribution in [-0.4, -0.2) is 39.9 Å². The van der Waals surface area contributed by atoms with Gasteiger partial charge in [0.2, 0.25) is 5.91 Å². The molecular weight excluding hydrogens is 489 g/mol. The summed E-state index contributed by atoms with van der Waals surface area (Å²) in [4.78, 5) is 30.5. The van der Waals surface area contributed by atoms with Crippen LogP contribution in [0.15, 0.2) is 55.0 Å². The van der Waals surface area contributed by atoms with Crippen LogP contribution in [0.4, 0.5) is 20.6 Å². The zero-order chi connectivity index (χ0) is 27.0. The number of pyridine rings is 1. The second kappa shape index (κ2) is 9.77. The van der Waals surface area contributed by atoms with Gasteiger partial charge in [-0.3, -0.25) is 19.4 Å². The summed E-state index contributed by atoms with van der Waals surface area (Å²) in [7, 11) is 0. The van der Waals surface area contributed by atoms with Crippen molar-refractivity contribution in [2.24, 2.45) is 0 Å². The van der Waals surface area contributed by atoms with Crippen molar-refractivity contribution >= 4 is 34.3 Å². The first-order valence-electron chi connectivity index (χ1n) is 12.2. The van der Waals surface area contributed by atoms with Gasteiger partial charge in [0.05, 0.1) is 35.9 Å². The van der Waals surface area contributed by atoms with Crippen molar-refractivity contribution in [2.45, 2.75) is 39.7 Å². The Bertz CT molecular complexity index is 1540. The number of halogens is 1. The zero-order valence-electron chi connectivity index (χ0n) is 21.6. The quantitative estimate of drug-likeness (QED) is 0.359. The van der Waals surface area contributed by atoms with Gasteiger partial charge < -0.3 is 14.8 Å². The van der Waals surface area contributed by atoms with E-state index in [9.17, 15) is 9.59 Å². The SMILES string of the molecule is Cc1cc(CC(=O)Nc2cnn(C(C)(C)C)c2)c(F)cc1Oc1ccnc2ccc(N3CCOC3=O)cc12. The number of aryl methyl sites for hydroxylation is 1. The number of anilines is 2. The van der Waals surface area contributed by atoms with Crippen LogP contribution in [-0.2, 0) is 21.5 Å². The summed E-state index contributed by atoms with van der Waals surface area (Å²) in [5.74, 6) is -0.117. The number of cyclic esters (lactones) is 1. The van der Waals surface area contributed by atoms with E-state index in [-0.39, 0.29) is 23.4 Å². The molecule has 0 unspecified atom stereocenters. The zero-order valence-corrected chi connectivity index (χ0v) is 21.6. The summed E-state index contributed by atoms with van der Waals surface area (Å²) in [6, 6.07) is 9.97. The van der Waals surface area contributed by atoms with E-state index in [2.05, 4.69) is 15.4 Å². The van der Waals surface area contributed by atoms with Crippen molar-refractivity contribution in [3.05, 3.63) is 71.9 Å². The molecule has 38 heavy (non-hydrogen) atoms. The number of hydrogen-bond donors (Lipinski definition) is 1. The van der Waals surface area contributed by atoms with Gasteiger partial charge in [0.1, 0.15) is 23.9 Å². The maximum Gasteiger partial charge on any atom is 0.414 e. The Morgan fingerprint density at radius 2 is 2.00 bits per heavy atom. The van der Waals surface area contributed by atoms with Crippen molar-refractivity contribution in [1.82, 2.24) is 14.8 Å². The average molecular weight is 518 g/mol. The molecule has 0 bridgehead atoms. The lowest BCUT2D eigenvalue weighted by Gasteiger charge is -2.18. The normalized spacial score (nSPS) is 13.6. The van der Waals surface area contributed by atoms with Crippen molar-refractivity contribution in [1.29, 1.82) is 0 Å². The molecule has 0 atom stereocenters. The molecule has 0 radical (unpaired) electrons. The number of ether oxygens (including phenoxy) is 2. The molecule has 5 rings (SSSR count). The molecule has 2 aromatic heterocycles. The van der Waals surface area contributed by atoms with Gasteiger partial charge in [0.25, 0.3) is 0 Å². The van der Waals surface area contributed by atoms with E-state index in [0.29, 0.717) is 52.5 Å². The van der Waals surface area contributed by atoms with E-state index in [0.717, 1.165) is 0 Å². The fourth-order valence-electron chi connectivity index (χ4n) is 4.21. The van der Waals surface area contributed by atoms with Crippen LogP contribution < -0.4 is 15.0 Å². The molecule has 0 aliphatic carbocycles. The summed E-state index contributed by atoms with van der Waals surface area (Å²) in [5.41, 5.74) is 2.58. The van der Waals surface area contributed by atoms with Gasteiger partial charge in [-0.2, -0.15) is 5.10 Å². The van der Waals surface area contributed by atoms with Crippen LogP contribution in [0.5, 0.6) is 11.5 Å². The van der Waals surface area contributed by atoms with E-state index >= 15 is 4.39 Å². The monoisotopic (exact) mass is 517 g/mol. The Labute approximate surface area is 219 Å². The maximum absolute atomic E-state index is 15.1. The van der Waals surface area contributed by atoms with Crippen LogP contribution in [0, 0.1) is 12.7 Å². The molecule has 9 nitrogen and oxygen atoms in total. The summed E-state index contributed by atoms with van der Waals surface area (Å²) in [5, 5.41) is 7.71. The van der Waals surface area contributed by atoms with Gasteiger partial charge in [-0.05, 0) is 69.2 Å². The number of carbonyl (C=O) groups is 2. The molecular formula is C28H28FN5O4. The van der Waals surface area contributed by atoms with Gasteiger partial charge in [0, 0.05) is 29.5 Å². The molecule has 1 fully saturated rings. The van der Waals surface area contributed by atoms with Crippen LogP contribution in [0.25, 0.3) is 10.9 Å². The maximum atomic E-state index is 15.1. The Morgan fingerprint density at radius 3 is 2.71 bits per heavy atom. The van der Waals surface area contributed by atoms with E-state index < -0.39 is 11.9 Å². The molecule has 10 heteroatoms. The average Bonchev–Trinajstić information content (AvgIpc) is 3.51. The third-order valence-electron chi connectivity index (χ3n) is 6.23. The highest BCUT2D eigenvalue weighted by molar-refractivity contribution is 5.95. The lowest BCUT2D eigenvalue weighted by Crippen LogP contribution is -2.23. The third-order valence-corrected chi connectivity index (χ3v) is 6.23. The Hall–Kier alpha value is -4.47. The Balaban J connectivity index is 1.34. The number of benzene rings is 2. The van der Waals surface area contributed by atoms with E-state index in [1.165, 1.54) is 11.0 Å². The molecule has 4 aromatic rings. The third kappa shape index (κ3) is 5.15. The minimum absolute atomic E-state index is 0.138. The molecule has 0 spiro atoms. The predicted octanol–water partition coefficient (Wildman–Crippen LogP) is 5.56. The fraction of sp³-hybridized carbons (Fsp3) is 0.286. The number of rotatable bonds is 6. The molecule has 2 aromatic carbocycles. The first-order chi connectivity index (χ1) is 18.1. The number of nitrogens with one attached hydrogen (secondary N) is 1. The highest BCUT2D eigenvalue weighted by Gasteiger charge is 2.24. The van der Waals surface area contributed by atoms with Crippen molar-refractivity contribution < 1.29 is 23.5 Å². The fourth-order valence-corrected chi connectivity index (χ4v) is 4.21. The molecule has 1 aliphatic rings. The molecule has 3 heterocycles. The lowest BCUT2D eigenvalue weighted by atomic mass is 10.1. The second-order valence-corrected chi connectivity index (χ2v) is 10.2. The van der Waals surface area contributed by atoms with E-state index in [1.54, 1.807) is 60.5 Å². The largest absolute Gasteiger partial charge is 0.456 e. The van der Waals surface area contributed by atoms with Gasteiger partial charge in [0.15, 0.2) is 0 Å². The number of fused-ring (bicyclic) bond motifs is 1. The minimum atomic E-state index is -0.551. The second-order valence-electron chi connectivity index (χ2n) is 10.2. The van der Waals surface area contributed by atoms with Gasteiger partial charge in [-0.1, -0.05) is 0 Å². The summed E-state index contributed by atoms with van der Waals surface area (Å²) in [6.07, 6.45) is 4.37. The van der Waals surface area contributed by atoms with Crippen molar-refractivity contribution in [2.75, 3.05) is 23.4 Å². The standard InChI is InChI=1S/C28H28FN5O4/c1-17-11-18(12-26(35)32-19-15-31-34(16-19)28(2,3)4)22(29)14-25(17)38-24-7-8-30-23-6-5-20(13-21(23)24)33-9-10-37-27(33)36/h5-8,11,13-16H,9-10,12H2,1-4H3,(H,32,35). The Morgan fingerprint density at radius 1 is 1.18 bits per heavy atom. The smallest absolute Gasteiger partial charge is 0.414 e. The molecule has 2 amide bonds. The topological polar surface area (TPSA) is 98.6 Å². The van der Waals surface area contributed by atoms with Gasteiger partial charge in [-0.25, -0.2) is 9.18 Å². The van der Waals surface area contributed by atoms with Crippen LogP contribution in [0.2, 0.25) is 0 Å². The number of aromatic nitrogens is 3. The van der Waals surface area contributed by atoms with Crippen LogP contribution in [0.1, 0.15) is 31.9 Å². The van der Waals surface area contributed by atoms with Crippen LogP contribution >= 0.6 is 0 Å². The predicted molar refractivity (Wildman–Crippen MR) is 141 cm³/mol. The summed E-state index contributed by atoms with van der Waals surface area (Å²) in [6.45, 7) is 8.59. The van der Waals surface area contributed by atoms with Crippen LogP contribution in [0.3, 0.4) is 0 Å². The van der Waals surface area contributed by atoms with Gasteiger partial charge in [-0.15, -0.1) is 0 Å². The highest BCUT2D eigenvalue weighted by atomic mass is 19.1. The Kier molecular flexibility index (Phi) is 6.48.